The van der Waals surface area contributed by atoms with Gasteiger partial charge in [0.15, 0.2) is 0 Å². The van der Waals surface area contributed by atoms with Gasteiger partial charge in [-0.15, -0.1) is 11.3 Å². The standard InChI is InChI=1S/C14H10F3NO2S/c15-14(16,17)11-3-4-13(20)18(8-11)9-12-10(2-1-6-19)5-7-21-12/h3-5,7-8,19H,6,9H2. The quantitative estimate of drug-likeness (QED) is 0.865. The highest BCUT2D eigenvalue weighted by molar-refractivity contribution is 7.10. The van der Waals surface area contributed by atoms with Crippen molar-refractivity contribution in [1.29, 1.82) is 0 Å². The molecule has 1 N–H and O–H groups in total. The zero-order valence-corrected chi connectivity index (χ0v) is 11.5. The third-order valence-corrected chi connectivity index (χ3v) is 3.58. The molecule has 3 nitrogen and oxygen atoms in total. The highest BCUT2D eigenvalue weighted by Crippen LogP contribution is 2.28. The number of hydrogen-bond acceptors (Lipinski definition) is 3. The molecular formula is C14H10F3NO2S. The normalized spacial score (nSPS) is 11.0. The lowest BCUT2D eigenvalue weighted by molar-refractivity contribution is -0.138. The number of hydrogen-bond donors (Lipinski definition) is 1. The Morgan fingerprint density at radius 2 is 2.05 bits per heavy atom. The summed E-state index contributed by atoms with van der Waals surface area (Å²) in [6.45, 7) is -0.297. The van der Waals surface area contributed by atoms with Gasteiger partial charge >= 0.3 is 6.18 Å². The molecule has 2 rings (SSSR count). The Labute approximate surface area is 122 Å². The number of halogens is 3. The van der Waals surface area contributed by atoms with Gasteiger partial charge in [-0.05, 0) is 17.5 Å². The van der Waals surface area contributed by atoms with E-state index in [9.17, 15) is 18.0 Å². The van der Waals surface area contributed by atoms with E-state index >= 15 is 0 Å². The van der Waals surface area contributed by atoms with Crippen LogP contribution in [-0.2, 0) is 12.7 Å². The summed E-state index contributed by atoms with van der Waals surface area (Å²) in [6, 6.07) is 3.36. The van der Waals surface area contributed by atoms with Crippen LogP contribution in [0, 0.1) is 11.8 Å². The molecule has 2 heterocycles. The first-order chi connectivity index (χ1) is 9.91. The lowest BCUT2D eigenvalue weighted by Gasteiger charge is -2.10. The monoisotopic (exact) mass is 313 g/mol. The van der Waals surface area contributed by atoms with Crippen LogP contribution in [0.3, 0.4) is 0 Å². The molecule has 0 bridgehead atoms. The van der Waals surface area contributed by atoms with Crippen molar-refractivity contribution in [3.8, 4) is 11.8 Å². The third-order valence-electron chi connectivity index (χ3n) is 2.67. The second kappa shape index (κ2) is 6.16. The van der Waals surface area contributed by atoms with Crippen LogP contribution in [0.2, 0.25) is 0 Å². The third kappa shape index (κ3) is 3.74. The fraction of sp³-hybridized carbons (Fsp3) is 0.214. The molecule has 0 aliphatic heterocycles. The number of thiophene rings is 1. The highest BCUT2D eigenvalue weighted by atomic mass is 32.1. The van der Waals surface area contributed by atoms with Gasteiger partial charge in [0.25, 0.3) is 5.56 Å². The molecule has 0 saturated carbocycles. The van der Waals surface area contributed by atoms with Gasteiger partial charge in [0.2, 0.25) is 0 Å². The first kappa shape index (κ1) is 15.4. The average molecular weight is 313 g/mol. The van der Waals surface area contributed by atoms with Crippen LogP contribution in [0.15, 0.2) is 34.6 Å². The van der Waals surface area contributed by atoms with E-state index in [1.807, 2.05) is 0 Å². The van der Waals surface area contributed by atoms with E-state index < -0.39 is 17.3 Å². The van der Waals surface area contributed by atoms with Crippen molar-refractivity contribution in [3.63, 3.8) is 0 Å². The molecule has 21 heavy (non-hydrogen) atoms. The minimum absolute atomic E-state index is 0.00978. The van der Waals surface area contributed by atoms with E-state index in [1.54, 1.807) is 11.4 Å². The first-order valence-corrected chi connectivity index (χ1v) is 6.73. The van der Waals surface area contributed by atoms with Gasteiger partial charge in [0.1, 0.15) is 6.61 Å². The maximum atomic E-state index is 12.7. The van der Waals surface area contributed by atoms with Gasteiger partial charge in [-0.3, -0.25) is 4.79 Å². The summed E-state index contributed by atoms with van der Waals surface area (Å²) in [5.74, 6) is 5.17. The molecule has 0 unspecified atom stereocenters. The Kier molecular flexibility index (Phi) is 4.50. The van der Waals surface area contributed by atoms with Crippen LogP contribution in [0.25, 0.3) is 0 Å². The Morgan fingerprint density at radius 3 is 2.71 bits per heavy atom. The molecule has 0 spiro atoms. The fourth-order valence-electron chi connectivity index (χ4n) is 1.69. The minimum atomic E-state index is -4.50. The van der Waals surface area contributed by atoms with Gasteiger partial charge < -0.3 is 9.67 Å². The van der Waals surface area contributed by atoms with Gasteiger partial charge in [0, 0.05) is 22.7 Å². The molecule has 0 aromatic carbocycles. The van der Waals surface area contributed by atoms with Crippen molar-refractivity contribution in [2.45, 2.75) is 12.7 Å². The average Bonchev–Trinajstić information content (AvgIpc) is 2.85. The van der Waals surface area contributed by atoms with Crippen molar-refractivity contribution < 1.29 is 18.3 Å². The fourth-order valence-corrected chi connectivity index (χ4v) is 2.51. The summed E-state index contributed by atoms with van der Waals surface area (Å²) in [5, 5.41) is 10.4. The number of nitrogens with zero attached hydrogens (tertiary/aromatic N) is 1. The van der Waals surface area contributed by atoms with E-state index in [-0.39, 0.29) is 13.2 Å². The summed E-state index contributed by atoms with van der Waals surface area (Å²) in [5.41, 5.74) is -0.794. The molecule has 2 aromatic heterocycles. The van der Waals surface area contributed by atoms with Crippen molar-refractivity contribution in [1.82, 2.24) is 4.57 Å². The molecule has 2 aromatic rings. The van der Waals surface area contributed by atoms with E-state index in [1.165, 1.54) is 11.3 Å². The molecule has 0 aliphatic carbocycles. The summed E-state index contributed by atoms with van der Waals surface area (Å²) in [4.78, 5) is 12.3. The summed E-state index contributed by atoms with van der Waals surface area (Å²) >= 11 is 1.29. The Bertz CT molecular complexity index is 750. The molecule has 0 atom stereocenters. The predicted octanol–water partition coefficient (Wildman–Crippen LogP) is 2.32. The summed E-state index contributed by atoms with van der Waals surface area (Å²) < 4.78 is 39.0. The lowest BCUT2D eigenvalue weighted by Crippen LogP contribution is -2.21. The van der Waals surface area contributed by atoms with Gasteiger partial charge in [-0.25, -0.2) is 0 Å². The minimum Gasteiger partial charge on any atom is -0.384 e. The molecule has 110 valence electrons. The van der Waals surface area contributed by atoms with Crippen LogP contribution in [-0.4, -0.2) is 16.3 Å². The number of aromatic nitrogens is 1. The molecule has 0 radical (unpaired) electrons. The molecular weight excluding hydrogens is 303 g/mol. The number of alkyl halides is 3. The van der Waals surface area contributed by atoms with Crippen LogP contribution in [0.1, 0.15) is 16.0 Å². The number of rotatable bonds is 2. The van der Waals surface area contributed by atoms with Crippen LogP contribution >= 0.6 is 11.3 Å². The largest absolute Gasteiger partial charge is 0.417 e. The molecule has 0 amide bonds. The Balaban J connectivity index is 2.36. The lowest BCUT2D eigenvalue weighted by atomic mass is 10.2. The first-order valence-electron chi connectivity index (χ1n) is 5.85. The predicted molar refractivity (Wildman–Crippen MR) is 73.1 cm³/mol. The Hall–Kier alpha value is -2.04. The number of pyridine rings is 1. The van der Waals surface area contributed by atoms with Crippen molar-refractivity contribution in [2.24, 2.45) is 0 Å². The smallest absolute Gasteiger partial charge is 0.384 e. The maximum absolute atomic E-state index is 12.7. The second-order valence-electron chi connectivity index (χ2n) is 4.10. The maximum Gasteiger partial charge on any atom is 0.417 e. The van der Waals surface area contributed by atoms with Crippen molar-refractivity contribution in [3.05, 3.63) is 56.1 Å². The summed E-state index contributed by atoms with van der Waals surface area (Å²) in [6.07, 6.45) is -3.70. The second-order valence-corrected chi connectivity index (χ2v) is 5.10. The van der Waals surface area contributed by atoms with Gasteiger partial charge in [0.05, 0.1) is 12.1 Å². The topological polar surface area (TPSA) is 42.2 Å². The van der Waals surface area contributed by atoms with E-state index in [0.717, 1.165) is 22.9 Å². The number of aliphatic hydroxyl groups excluding tert-OH is 1. The van der Waals surface area contributed by atoms with Crippen LogP contribution in [0.4, 0.5) is 13.2 Å². The van der Waals surface area contributed by atoms with Gasteiger partial charge in [-0.2, -0.15) is 13.2 Å². The van der Waals surface area contributed by atoms with Crippen LogP contribution < -0.4 is 5.56 Å². The molecule has 0 saturated heterocycles. The van der Waals surface area contributed by atoms with Crippen LogP contribution in [0.5, 0.6) is 0 Å². The summed E-state index contributed by atoms with van der Waals surface area (Å²) in [7, 11) is 0. The van der Waals surface area contributed by atoms with Crippen molar-refractivity contribution in [2.75, 3.05) is 6.61 Å². The van der Waals surface area contributed by atoms with Gasteiger partial charge in [-0.1, -0.05) is 11.8 Å². The highest BCUT2D eigenvalue weighted by Gasteiger charge is 2.31. The molecule has 0 fully saturated rings. The van der Waals surface area contributed by atoms with E-state index in [2.05, 4.69) is 11.8 Å². The SMILES string of the molecule is O=c1ccc(C(F)(F)F)cn1Cc1sccc1C#CCO. The zero-order chi connectivity index (χ0) is 15.5. The van der Waals surface area contributed by atoms with E-state index in [4.69, 9.17) is 5.11 Å². The van der Waals surface area contributed by atoms with Crippen molar-refractivity contribution >= 4 is 11.3 Å². The Morgan fingerprint density at radius 1 is 1.29 bits per heavy atom. The zero-order valence-electron chi connectivity index (χ0n) is 10.6. The molecule has 7 heteroatoms. The molecule has 0 aliphatic rings. The van der Waals surface area contributed by atoms with E-state index in [0.29, 0.717) is 10.4 Å². The number of aliphatic hydroxyl groups is 1.